The molecule has 3 N–H and O–H groups in total. The molecule has 0 heterocycles. The third-order valence-corrected chi connectivity index (χ3v) is 7.13. The number of hydrogen-bond acceptors (Lipinski definition) is 5. The van der Waals surface area contributed by atoms with E-state index in [0.29, 0.717) is 17.7 Å². The molecule has 3 rings (SSSR count). The molecule has 0 aliphatic rings. The number of rotatable bonds is 12. The van der Waals surface area contributed by atoms with Gasteiger partial charge in [-0.15, -0.1) is 0 Å². The number of carbonyl (C=O) groups is 3. The number of amides is 3. The minimum absolute atomic E-state index is 0.272. The van der Waals surface area contributed by atoms with Crippen LogP contribution in [0.15, 0.2) is 60.7 Å². The number of aliphatic hydroxyl groups excluding tert-OH is 1. The number of nitrogens with zero attached hydrogens (tertiary/aromatic N) is 1. The summed E-state index contributed by atoms with van der Waals surface area (Å²) in [6.07, 6.45) is 2.71. The number of benzene rings is 3. The van der Waals surface area contributed by atoms with Gasteiger partial charge in [-0.1, -0.05) is 74.7 Å². The largest absolute Gasteiger partial charge is 0.444 e. The van der Waals surface area contributed by atoms with Crippen molar-refractivity contribution in [3.05, 3.63) is 77.4 Å². The number of anilines is 1. The van der Waals surface area contributed by atoms with Gasteiger partial charge < -0.3 is 25.4 Å². The lowest BCUT2D eigenvalue weighted by molar-refractivity contribution is -0.141. The van der Waals surface area contributed by atoms with Gasteiger partial charge in [-0.05, 0) is 80.6 Å². The molecule has 2 atom stereocenters. The van der Waals surface area contributed by atoms with E-state index in [1.807, 2.05) is 74.5 Å². The highest BCUT2D eigenvalue weighted by atomic mass is 16.6. The Hall–Kier alpha value is -3.91. The van der Waals surface area contributed by atoms with Crippen molar-refractivity contribution in [1.82, 2.24) is 10.2 Å². The average molecular weight is 576 g/mol. The molecule has 3 aromatic rings. The molecular weight excluding hydrogens is 530 g/mol. The van der Waals surface area contributed by atoms with E-state index in [9.17, 15) is 19.5 Å². The van der Waals surface area contributed by atoms with Crippen LogP contribution in [0.5, 0.6) is 0 Å². The lowest BCUT2D eigenvalue weighted by atomic mass is 9.97. The number of nitrogens with one attached hydrogen (secondary N) is 2. The van der Waals surface area contributed by atoms with Crippen molar-refractivity contribution in [2.45, 2.75) is 84.9 Å². The van der Waals surface area contributed by atoms with Crippen molar-refractivity contribution in [3.8, 4) is 0 Å². The van der Waals surface area contributed by atoms with E-state index >= 15 is 0 Å². The Morgan fingerprint density at radius 2 is 1.62 bits per heavy atom. The lowest BCUT2D eigenvalue weighted by Gasteiger charge is -2.34. The first-order valence-electron chi connectivity index (χ1n) is 14.7. The predicted molar refractivity (Wildman–Crippen MR) is 167 cm³/mol. The third kappa shape index (κ3) is 9.05. The van der Waals surface area contributed by atoms with Crippen LogP contribution in [0.25, 0.3) is 10.8 Å². The smallest absolute Gasteiger partial charge is 0.408 e. The molecule has 0 bridgehead atoms. The van der Waals surface area contributed by atoms with Crippen LogP contribution in [0.2, 0.25) is 0 Å². The summed E-state index contributed by atoms with van der Waals surface area (Å²) in [5, 5.41) is 17.8. The summed E-state index contributed by atoms with van der Waals surface area (Å²) in [5.74, 6) is -0.942. The van der Waals surface area contributed by atoms with E-state index in [2.05, 4.69) is 17.6 Å². The fraction of sp³-hybridized carbons (Fsp3) is 0.441. The quantitative estimate of drug-likeness (QED) is 0.216. The van der Waals surface area contributed by atoms with Gasteiger partial charge in [0.1, 0.15) is 17.7 Å². The minimum atomic E-state index is -1.28. The Morgan fingerprint density at radius 3 is 2.26 bits per heavy atom. The molecule has 8 heteroatoms. The molecule has 0 aliphatic heterocycles. The van der Waals surface area contributed by atoms with Gasteiger partial charge in [0.05, 0.1) is 6.61 Å². The second-order valence-corrected chi connectivity index (χ2v) is 11.8. The van der Waals surface area contributed by atoms with Crippen molar-refractivity contribution in [2.75, 3.05) is 18.5 Å². The molecule has 0 aliphatic carbocycles. The van der Waals surface area contributed by atoms with Crippen LogP contribution in [0, 0.1) is 13.8 Å². The highest BCUT2D eigenvalue weighted by Gasteiger charge is 2.36. The zero-order valence-electron chi connectivity index (χ0n) is 25.7. The van der Waals surface area contributed by atoms with Gasteiger partial charge in [-0.2, -0.15) is 0 Å². The molecule has 8 nitrogen and oxygen atoms in total. The van der Waals surface area contributed by atoms with Gasteiger partial charge in [0.2, 0.25) is 5.91 Å². The zero-order chi connectivity index (χ0) is 30.9. The maximum Gasteiger partial charge on any atom is 0.408 e. The number of alkyl carbamates (subject to hydrolysis) is 1. The Bertz CT molecular complexity index is 1380. The van der Waals surface area contributed by atoms with Crippen LogP contribution in [-0.2, 0) is 14.3 Å². The van der Waals surface area contributed by atoms with E-state index < -0.39 is 36.3 Å². The summed E-state index contributed by atoms with van der Waals surface area (Å²) in [6.45, 7) is 10.8. The summed E-state index contributed by atoms with van der Waals surface area (Å²) in [5.41, 5.74) is 2.52. The summed E-state index contributed by atoms with van der Waals surface area (Å²) in [4.78, 5) is 42.2. The van der Waals surface area contributed by atoms with Crippen LogP contribution in [-0.4, -0.2) is 52.7 Å². The second kappa shape index (κ2) is 14.8. The molecule has 0 saturated heterocycles. The van der Waals surface area contributed by atoms with Gasteiger partial charge in [0, 0.05) is 12.2 Å². The minimum Gasteiger partial charge on any atom is -0.444 e. The molecule has 3 amide bonds. The molecule has 0 aromatic heterocycles. The molecule has 0 radical (unpaired) electrons. The Morgan fingerprint density at radius 1 is 0.905 bits per heavy atom. The molecule has 0 spiro atoms. The maximum absolute atomic E-state index is 14.1. The van der Waals surface area contributed by atoms with Gasteiger partial charge in [-0.3, -0.25) is 9.59 Å². The van der Waals surface area contributed by atoms with E-state index in [1.54, 1.807) is 20.8 Å². The van der Waals surface area contributed by atoms with Crippen molar-refractivity contribution < 1.29 is 24.2 Å². The second-order valence-electron chi connectivity index (χ2n) is 11.8. The number of unbranched alkanes of at least 4 members (excludes halogenated alkanes) is 3. The topological polar surface area (TPSA) is 108 Å². The number of aryl methyl sites for hydroxylation is 2. The van der Waals surface area contributed by atoms with Crippen LogP contribution >= 0.6 is 0 Å². The molecule has 2 unspecified atom stereocenters. The van der Waals surface area contributed by atoms with E-state index in [4.69, 9.17) is 4.74 Å². The lowest BCUT2D eigenvalue weighted by Crippen LogP contribution is -2.54. The molecular formula is C34H45N3O5. The predicted octanol–water partition coefficient (Wildman–Crippen LogP) is 6.43. The average Bonchev–Trinajstić information content (AvgIpc) is 2.93. The Labute approximate surface area is 249 Å². The highest BCUT2D eigenvalue weighted by Crippen LogP contribution is 2.28. The van der Waals surface area contributed by atoms with Crippen molar-refractivity contribution in [2.24, 2.45) is 0 Å². The number of carbonyl (C=O) groups excluding carboxylic acids is 3. The van der Waals surface area contributed by atoms with Crippen molar-refractivity contribution >= 4 is 34.4 Å². The molecule has 42 heavy (non-hydrogen) atoms. The Balaban J connectivity index is 2.02. The molecule has 0 saturated carbocycles. The van der Waals surface area contributed by atoms with Gasteiger partial charge >= 0.3 is 6.09 Å². The zero-order valence-corrected chi connectivity index (χ0v) is 25.7. The van der Waals surface area contributed by atoms with Crippen LogP contribution in [0.3, 0.4) is 0 Å². The van der Waals surface area contributed by atoms with E-state index in [-0.39, 0.29) is 12.5 Å². The van der Waals surface area contributed by atoms with Gasteiger partial charge in [0.25, 0.3) is 5.91 Å². The number of aliphatic hydroxyl groups is 1. The maximum atomic E-state index is 14.1. The highest BCUT2D eigenvalue weighted by molar-refractivity contribution is 6.00. The fourth-order valence-electron chi connectivity index (χ4n) is 4.80. The normalized spacial score (nSPS) is 12.8. The fourth-order valence-corrected chi connectivity index (χ4v) is 4.80. The number of fused-ring (bicyclic) bond motifs is 1. The van der Waals surface area contributed by atoms with Crippen molar-refractivity contribution in [1.29, 1.82) is 0 Å². The molecule has 3 aromatic carbocycles. The van der Waals surface area contributed by atoms with Crippen LogP contribution in [0.4, 0.5) is 10.5 Å². The van der Waals surface area contributed by atoms with E-state index in [1.165, 1.54) is 4.90 Å². The third-order valence-electron chi connectivity index (χ3n) is 7.13. The first-order chi connectivity index (χ1) is 19.9. The number of ether oxygens (including phenoxy) is 1. The standard InChI is InChI=1S/C34H45N3O5/c1-7-8-9-12-19-37(32(40)29(22-38)36-33(41)42-34(4,5)6)30(27-16-15-23(2)24(3)20-27)31(39)35-28-18-17-25-13-10-11-14-26(25)21-28/h10-11,13-18,20-21,29-30,38H,7-9,12,19,22H2,1-6H3,(H,35,39)(H,36,41). The first-order valence-corrected chi connectivity index (χ1v) is 14.7. The first kappa shape index (κ1) is 32.6. The molecule has 226 valence electrons. The summed E-state index contributed by atoms with van der Waals surface area (Å²) in [6, 6.07) is 17.0. The van der Waals surface area contributed by atoms with Gasteiger partial charge in [-0.25, -0.2) is 4.79 Å². The van der Waals surface area contributed by atoms with Crippen LogP contribution in [0.1, 0.15) is 76.1 Å². The van der Waals surface area contributed by atoms with Gasteiger partial charge in [0.15, 0.2) is 0 Å². The number of hydrogen-bond donors (Lipinski definition) is 3. The van der Waals surface area contributed by atoms with Crippen molar-refractivity contribution in [3.63, 3.8) is 0 Å². The summed E-state index contributed by atoms with van der Waals surface area (Å²) in [7, 11) is 0. The summed E-state index contributed by atoms with van der Waals surface area (Å²) >= 11 is 0. The van der Waals surface area contributed by atoms with Crippen LogP contribution < -0.4 is 10.6 Å². The van der Waals surface area contributed by atoms with E-state index in [0.717, 1.165) is 41.2 Å². The monoisotopic (exact) mass is 575 g/mol. The SMILES string of the molecule is CCCCCCN(C(=O)C(CO)NC(=O)OC(C)(C)C)C(C(=O)Nc1ccc2ccccc2c1)c1ccc(C)c(C)c1. The Kier molecular flexibility index (Phi) is 11.5. The summed E-state index contributed by atoms with van der Waals surface area (Å²) < 4.78 is 5.34. The molecule has 0 fully saturated rings.